The average Bonchev–Trinajstić information content (AvgIpc) is 2.48. The van der Waals surface area contributed by atoms with Crippen LogP contribution in [0.2, 0.25) is 0 Å². The minimum Gasteiger partial charge on any atom is -0.399 e. The van der Waals surface area contributed by atoms with Gasteiger partial charge in [-0.3, -0.25) is 4.79 Å². The number of anilines is 1. The molecule has 2 aromatic rings. The predicted octanol–water partition coefficient (Wildman–Crippen LogP) is 2.80. The molecule has 1 amide bonds. The number of carbonyl (C=O) groups is 1. The van der Waals surface area contributed by atoms with Crippen molar-refractivity contribution in [2.24, 2.45) is 0 Å². The molecule has 4 nitrogen and oxygen atoms in total. The lowest BCUT2D eigenvalue weighted by atomic mass is 10.1. The van der Waals surface area contributed by atoms with Crippen LogP contribution in [0.25, 0.3) is 0 Å². The number of aliphatic hydroxyl groups is 1. The lowest BCUT2D eigenvalue weighted by Gasteiger charge is -2.13. The number of hydrogen-bond donors (Lipinski definition) is 3. The minimum absolute atomic E-state index is 0.148. The van der Waals surface area contributed by atoms with E-state index < -0.39 is 6.10 Å². The number of benzene rings is 2. The van der Waals surface area contributed by atoms with E-state index in [0.29, 0.717) is 11.3 Å². The van der Waals surface area contributed by atoms with Crippen molar-refractivity contribution in [2.45, 2.75) is 13.0 Å². The summed E-state index contributed by atoms with van der Waals surface area (Å²) >= 11 is 3.40. The van der Waals surface area contributed by atoms with Gasteiger partial charge >= 0.3 is 0 Å². The standard InChI is InChI=1S/C16H17BrN2O2/c1-10-13(3-2-4-14(10)17)16(21)19-9-15(20)11-5-7-12(18)8-6-11/h2-8,15,20H,9,18H2,1H3,(H,19,21). The fourth-order valence-corrected chi connectivity index (χ4v) is 2.34. The summed E-state index contributed by atoms with van der Waals surface area (Å²) in [7, 11) is 0. The zero-order valence-corrected chi connectivity index (χ0v) is 13.2. The molecule has 1 unspecified atom stereocenters. The Hall–Kier alpha value is -1.85. The highest BCUT2D eigenvalue weighted by Crippen LogP contribution is 2.19. The fourth-order valence-electron chi connectivity index (χ4n) is 1.97. The summed E-state index contributed by atoms with van der Waals surface area (Å²) in [6.07, 6.45) is -0.762. The number of halogens is 1. The van der Waals surface area contributed by atoms with Crippen LogP contribution in [-0.4, -0.2) is 17.6 Å². The van der Waals surface area contributed by atoms with Gasteiger partial charge in [0.2, 0.25) is 0 Å². The van der Waals surface area contributed by atoms with Crippen molar-refractivity contribution in [3.63, 3.8) is 0 Å². The van der Waals surface area contributed by atoms with Gasteiger partial charge in [0.15, 0.2) is 0 Å². The van der Waals surface area contributed by atoms with E-state index in [0.717, 1.165) is 15.6 Å². The molecule has 2 aromatic carbocycles. The Morgan fingerprint density at radius 3 is 2.62 bits per heavy atom. The molecule has 0 radical (unpaired) electrons. The van der Waals surface area contributed by atoms with Gasteiger partial charge in [0.05, 0.1) is 6.10 Å². The lowest BCUT2D eigenvalue weighted by molar-refractivity contribution is 0.0915. The number of nitrogen functional groups attached to an aromatic ring is 1. The number of hydrogen-bond acceptors (Lipinski definition) is 3. The molecule has 110 valence electrons. The fraction of sp³-hybridized carbons (Fsp3) is 0.188. The van der Waals surface area contributed by atoms with E-state index in [2.05, 4.69) is 21.2 Å². The summed E-state index contributed by atoms with van der Waals surface area (Å²) in [5, 5.41) is 12.8. The van der Waals surface area contributed by atoms with Crippen LogP contribution in [0.3, 0.4) is 0 Å². The number of nitrogens with two attached hydrogens (primary N) is 1. The van der Waals surface area contributed by atoms with Crippen LogP contribution in [0.15, 0.2) is 46.9 Å². The number of carbonyl (C=O) groups excluding carboxylic acids is 1. The molecular weight excluding hydrogens is 332 g/mol. The molecule has 0 aromatic heterocycles. The third-order valence-electron chi connectivity index (χ3n) is 3.29. The highest BCUT2D eigenvalue weighted by Gasteiger charge is 2.13. The van der Waals surface area contributed by atoms with Crippen molar-refractivity contribution in [1.82, 2.24) is 5.32 Å². The third-order valence-corrected chi connectivity index (χ3v) is 4.15. The maximum absolute atomic E-state index is 12.1. The molecule has 21 heavy (non-hydrogen) atoms. The van der Waals surface area contributed by atoms with E-state index in [1.54, 1.807) is 30.3 Å². The van der Waals surface area contributed by atoms with Gasteiger partial charge < -0.3 is 16.2 Å². The smallest absolute Gasteiger partial charge is 0.251 e. The maximum atomic E-state index is 12.1. The van der Waals surface area contributed by atoms with Crippen LogP contribution in [-0.2, 0) is 0 Å². The van der Waals surface area contributed by atoms with Crippen molar-refractivity contribution in [3.05, 3.63) is 63.6 Å². The van der Waals surface area contributed by atoms with Gasteiger partial charge in [0, 0.05) is 22.3 Å². The first-order valence-electron chi connectivity index (χ1n) is 6.56. The molecular formula is C16H17BrN2O2. The monoisotopic (exact) mass is 348 g/mol. The molecule has 0 saturated heterocycles. The molecule has 4 N–H and O–H groups in total. The molecule has 0 spiro atoms. The SMILES string of the molecule is Cc1c(Br)cccc1C(=O)NCC(O)c1ccc(N)cc1. The van der Waals surface area contributed by atoms with Crippen LogP contribution in [0.4, 0.5) is 5.69 Å². The Morgan fingerprint density at radius 1 is 1.29 bits per heavy atom. The molecule has 2 rings (SSSR count). The number of aliphatic hydroxyl groups excluding tert-OH is 1. The minimum atomic E-state index is -0.762. The number of amides is 1. The van der Waals surface area contributed by atoms with Gasteiger partial charge in [0.1, 0.15) is 0 Å². The third kappa shape index (κ3) is 3.83. The molecule has 0 aliphatic rings. The molecule has 5 heteroatoms. The Bertz CT molecular complexity index is 641. The van der Waals surface area contributed by atoms with E-state index in [1.165, 1.54) is 0 Å². The summed E-state index contributed by atoms with van der Waals surface area (Å²) < 4.78 is 0.884. The van der Waals surface area contributed by atoms with E-state index >= 15 is 0 Å². The topological polar surface area (TPSA) is 75.3 Å². The molecule has 0 fully saturated rings. The second-order valence-corrected chi connectivity index (χ2v) is 5.66. The maximum Gasteiger partial charge on any atom is 0.251 e. The van der Waals surface area contributed by atoms with Crippen molar-refractivity contribution < 1.29 is 9.90 Å². The van der Waals surface area contributed by atoms with Gasteiger partial charge in [0.25, 0.3) is 5.91 Å². The summed E-state index contributed by atoms with van der Waals surface area (Å²) in [5.74, 6) is -0.205. The van der Waals surface area contributed by atoms with Gasteiger partial charge in [-0.05, 0) is 42.3 Å². The normalized spacial score (nSPS) is 12.0. The van der Waals surface area contributed by atoms with Crippen LogP contribution in [0, 0.1) is 6.92 Å². The van der Waals surface area contributed by atoms with E-state index in [1.807, 2.05) is 19.1 Å². The first kappa shape index (κ1) is 15.5. The molecule has 0 saturated carbocycles. The second kappa shape index (κ2) is 6.74. The van der Waals surface area contributed by atoms with Gasteiger partial charge in [-0.15, -0.1) is 0 Å². The molecule has 0 heterocycles. The number of nitrogens with one attached hydrogen (secondary N) is 1. The van der Waals surface area contributed by atoms with Crippen LogP contribution in [0.5, 0.6) is 0 Å². The predicted molar refractivity (Wildman–Crippen MR) is 87.0 cm³/mol. The van der Waals surface area contributed by atoms with Crippen LogP contribution in [0.1, 0.15) is 27.6 Å². The molecule has 0 bridgehead atoms. The zero-order chi connectivity index (χ0) is 15.4. The molecule has 1 atom stereocenters. The van der Waals surface area contributed by atoms with Gasteiger partial charge in [-0.2, -0.15) is 0 Å². The average molecular weight is 349 g/mol. The van der Waals surface area contributed by atoms with Gasteiger partial charge in [-0.1, -0.05) is 34.1 Å². The Kier molecular flexibility index (Phi) is 4.98. The molecule has 0 aliphatic carbocycles. The number of rotatable bonds is 4. The van der Waals surface area contributed by atoms with E-state index in [9.17, 15) is 9.90 Å². The largest absolute Gasteiger partial charge is 0.399 e. The lowest BCUT2D eigenvalue weighted by Crippen LogP contribution is -2.29. The van der Waals surface area contributed by atoms with Gasteiger partial charge in [-0.25, -0.2) is 0 Å². The molecule has 0 aliphatic heterocycles. The Labute approximate surface area is 132 Å². The van der Waals surface area contributed by atoms with Crippen molar-refractivity contribution in [3.8, 4) is 0 Å². The highest BCUT2D eigenvalue weighted by atomic mass is 79.9. The first-order chi connectivity index (χ1) is 9.99. The Morgan fingerprint density at radius 2 is 1.95 bits per heavy atom. The summed E-state index contributed by atoms with van der Waals surface area (Å²) in [5.41, 5.74) is 8.42. The van der Waals surface area contributed by atoms with E-state index in [4.69, 9.17) is 5.73 Å². The second-order valence-electron chi connectivity index (χ2n) is 4.80. The van der Waals surface area contributed by atoms with E-state index in [-0.39, 0.29) is 12.5 Å². The quantitative estimate of drug-likeness (QED) is 0.743. The van der Waals surface area contributed by atoms with Crippen molar-refractivity contribution >= 4 is 27.5 Å². The van der Waals surface area contributed by atoms with Crippen molar-refractivity contribution in [1.29, 1.82) is 0 Å². The van der Waals surface area contributed by atoms with Crippen molar-refractivity contribution in [2.75, 3.05) is 12.3 Å². The zero-order valence-electron chi connectivity index (χ0n) is 11.6. The van der Waals surface area contributed by atoms with Crippen LogP contribution < -0.4 is 11.1 Å². The summed E-state index contributed by atoms with van der Waals surface area (Å²) in [4.78, 5) is 12.1. The summed E-state index contributed by atoms with van der Waals surface area (Å²) in [6, 6.07) is 12.4. The first-order valence-corrected chi connectivity index (χ1v) is 7.35. The Balaban J connectivity index is 2.00. The summed E-state index contributed by atoms with van der Waals surface area (Å²) in [6.45, 7) is 2.02. The highest BCUT2D eigenvalue weighted by molar-refractivity contribution is 9.10. The van der Waals surface area contributed by atoms with Crippen LogP contribution >= 0.6 is 15.9 Å².